The van der Waals surface area contributed by atoms with Gasteiger partial charge in [0.2, 0.25) is 0 Å². The van der Waals surface area contributed by atoms with Crippen molar-refractivity contribution in [3.63, 3.8) is 0 Å². The molecule has 0 radical (unpaired) electrons. The van der Waals surface area contributed by atoms with E-state index in [9.17, 15) is 13.6 Å². The summed E-state index contributed by atoms with van der Waals surface area (Å²) in [7, 11) is 0. The lowest BCUT2D eigenvalue weighted by Gasteiger charge is -2.30. The van der Waals surface area contributed by atoms with Crippen LogP contribution in [0.3, 0.4) is 0 Å². The minimum absolute atomic E-state index is 0.0256. The van der Waals surface area contributed by atoms with Gasteiger partial charge in [0.15, 0.2) is 0 Å². The Labute approximate surface area is 191 Å². The number of rotatable bonds is 3. The number of halogens is 2. The molecule has 0 saturated carbocycles. The summed E-state index contributed by atoms with van der Waals surface area (Å²) in [5.74, 6) is -1.35. The highest BCUT2D eigenvalue weighted by Gasteiger charge is 2.28. The molecule has 5 rings (SSSR count). The first-order valence-corrected chi connectivity index (χ1v) is 11.2. The molecule has 0 spiro atoms. The second-order valence-electron chi connectivity index (χ2n) is 8.89. The van der Waals surface area contributed by atoms with Crippen molar-refractivity contribution in [2.75, 3.05) is 6.54 Å². The zero-order chi connectivity index (χ0) is 23.3. The zero-order valence-corrected chi connectivity index (χ0v) is 18.9. The fraction of sp³-hybridized carbons (Fsp3) is 0.259. The summed E-state index contributed by atoms with van der Waals surface area (Å²) in [6.45, 7) is 6.94. The van der Waals surface area contributed by atoms with Crippen LogP contribution in [0.5, 0.6) is 0 Å². The molecule has 0 fully saturated rings. The number of aromatic nitrogens is 2. The summed E-state index contributed by atoms with van der Waals surface area (Å²) in [4.78, 5) is 15.5. The molecule has 1 aliphatic rings. The zero-order valence-electron chi connectivity index (χ0n) is 18.9. The molecule has 168 valence electrons. The van der Waals surface area contributed by atoms with E-state index >= 15 is 0 Å². The van der Waals surface area contributed by atoms with Gasteiger partial charge in [-0.1, -0.05) is 44.2 Å². The van der Waals surface area contributed by atoms with Gasteiger partial charge in [-0.3, -0.25) is 4.79 Å². The molecule has 0 saturated heterocycles. The summed E-state index contributed by atoms with van der Waals surface area (Å²) in [5, 5.41) is 4.63. The van der Waals surface area contributed by atoms with E-state index in [0.717, 1.165) is 17.7 Å². The highest BCUT2D eigenvalue weighted by Crippen LogP contribution is 2.35. The van der Waals surface area contributed by atoms with Crippen LogP contribution in [0.25, 0.3) is 16.6 Å². The molecule has 2 aromatic carbocycles. The molecule has 0 bridgehead atoms. The van der Waals surface area contributed by atoms with E-state index < -0.39 is 11.6 Å². The SMILES string of the molecule is Cc1nn2c(C(C)C)c(C(=O)N3CCc4ccccc4C3)ccc2c1-c1c(F)cccc1F. The summed E-state index contributed by atoms with van der Waals surface area (Å²) in [6, 6.07) is 15.6. The second-order valence-corrected chi connectivity index (χ2v) is 8.89. The standard InChI is InChI=1S/C27H25F2N3O/c1-16(2)26-20(27(33)31-14-13-18-7-4-5-8-19(18)15-31)11-12-23-24(17(3)30-32(23)26)25-21(28)9-6-10-22(25)29/h4-12,16H,13-15H2,1-3H3. The predicted octanol–water partition coefficient (Wildman–Crippen LogP) is 5.91. The predicted molar refractivity (Wildman–Crippen MR) is 124 cm³/mol. The molecule has 0 N–H and O–H groups in total. The van der Waals surface area contributed by atoms with Gasteiger partial charge in [0.05, 0.1) is 28.0 Å². The van der Waals surface area contributed by atoms with Crippen LogP contribution in [0, 0.1) is 18.6 Å². The lowest BCUT2D eigenvalue weighted by atomic mass is 9.97. The van der Waals surface area contributed by atoms with Gasteiger partial charge in [0.1, 0.15) is 11.6 Å². The number of amides is 1. The first-order chi connectivity index (χ1) is 15.9. The van der Waals surface area contributed by atoms with Crippen molar-refractivity contribution < 1.29 is 13.6 Å². The molecule has 33 heavy (non-hydrogen) atoms. The first kappa shape index (κ1) is 21.3. The van der Waals surface area contributed by atoms with Gasteiger partial charge in [-0.05, 0) is 54.7 Å². The number of nitrogens with zero attached hydrogens (tertiary/aromatic N) is 3. The molecule has 4 aromatic rings. The van der Waals surface area contributed by atoms with Crippen molar-refractivity contribution in [2.45, 2.75) is 39.7 Å². The fourth-order valence-electron chi connectivity index (χ4n) is 4.87. The topological polar surface area (TPSA) is 37.6 Å². The number of carbonyl (C=O) groups excluding carboxylic acids is 1. The van der Waals surface area contributed by atoms with Crippen molar-refractivity contribution in [3.05, 3.63) is 94.3 Å². The number of pyridine rings is 1. The first-order valence-electron chi connectivity index (χ1n) is 11.2. The summed E-state index contributed by atoms with van der Waals surface area (Å²) >= 11 is 0. The van der Waals surface area contributed by atoms with E-state index in [2.05, 4.69) is 17.2 Å². The Hall–Kier alpha value is -3.54. The maximum atomic E-state index is 14.6. The molecule has 0 atom stereocenters. The van der Waals surface area contributed by atoms with Gasteiger partial charge < -0.3 is 4.90 Å². The average molecular weight is 446 g/mol. The van der Waals surface area contributed by atoms with Gasteiger partial charge in [-0.2, -0.15) is 5.10 Å². The minimum atomic E-state index is -0.633. The van der Waals surface area contributed by atoms with Crippen molar-refractivity contribution in [1.29, 1.82) is 0 Å². The van der Waals surface area contributed by atoms with Gasteiger partial charge in [0, 0.05) is 18.7 Å². The van der Waals surface area contributed by atoms with Crippen molar-refractivity contribution >= 4 is 11.4 Å². The lowest BCUT2D eigenvalue weighted by Crippen LogP contribution is -2.36. The molecular weight excluding hydrogens is 420 g/mol. The van der Waals surface area contributed by atoms with Crippen LogP contribution in [-0.4, -0.2) is 27.0 Å². The van der Waals surface area contributed by atoms with Gasteiger partial charge >= 0.3 is 0 Å². The van der Waals surface area contributed by atoms with E-state index in [-0.39, 0.29) is 17.4 Å². The monoisotopic (exact) mass is 445 g/mol. The normalized spacial score (nSPS) is 13.6. The Morgan fingerprint density at radius 1 is 0.939 bits per heavy atom. The number of benzene rings is 2. The maximum Gasteiger partial charge on any atom is 0.256 e. The highest BCUT2D eigenvalue weighted by atomic mass is 19.1. The lowest BCUT2D eigenvalue weighted by molar-refractivity contribution is 0.0732. The number of fused-ring (bicyclic) bond motifs is 2. The molecule has 0 unspecified atom stereocenters. The molecular formula is C27H25F2N3O. The Bertz CT molecular complexity index is 1370. The molecule has 0 aliphatic carbocycles. The quantitative estimate of drug-likeness (QED) is 0.393. The Morgan fingerprint density at radius 2 is 1.64 bits per heavy atom. The van der Waals surface area contributed by atoms with Crippen LogP contribution in [0.2, 0.25) is 0 Å². The number of hydrogen-bond donors (Lipinski definition) is 0. The minimum Gasteiger partial charge on any atom is -0.334 e. The van der Waals surface area contributed by atoms with E-state index in [1.807, 2.05) is 30.9 Å². The third kappa shape index (κ3) is 3.50. The maximum absolute atomic E-state index is 14.6. The van der Waals surface area contributed by atoms with E-state index in [0.29, 0.717) is 35.4 Å². The Morgan fingerprint density at radius 3 is 2.33 bits per heavy atom. The second kappa shape index (κ2) is 8.10. The smallest absolute Gasteiger partial charge is 0.256 e. The summed E-state index contributed by atoms with van der Waals surface area (Å²) in [6.07, 6.45) is 0.818. The van der Waals surface area contributed by atoms with Crippen molar-refractivity contribution in [1.82, 2.24) is 14.5 Å². The molecule has 1 aliphatic heterocycles. The van der Waals surface area contributed by atoms with Crippen molar-refractivity contribution in [3.8, 4) is 11.1 Å². The molecule has 6 heteroatoms. The van der Waals surface area contributed by atoms with Crippen LogP contribution in [0.1, 0.15) is 52.6 Å². The number of carbonyl (C=O) groups is 1. The third-order valence-electron chi connectivity index (χ3n) is 6.42. The number of hydrogen-bond acceptors (Lipinski definition) is 2. The average Bonchev–Trinajstić information content (AvgIpc) is 3.13. The molecule has 4 nitrogen and oxygen atoms in total. The third-order valence-corrected chi connectivity index (χ3v) is 6.42. The Balaban J connectivity index is 1.63. The van der Waals surface area contributed by atoms with Gasteiger partial charge in [0.25, 0.3) is 5.91 Å². The van der Waals surface area contributed by atoms with Crippen LogP contribution in [0.4, 0.5) is 8.78 Å². The van der Waals surface area contributed by atoms with E-state index in [1.54, 1.807) is 23.6 Å². The molecule has 3 heterocycles. The fourth-order valence-corrected chi connectivity index (χ4v) is 4.87. The highest BCUT2D eigenvalue weighted by molar-refractivity contribution is 5.97. The van der Waals surface area contributed by atoms with Crippen LogP contribution in [-0.2, 0) is 13.0 Å². The van der Waals surface area contributed by atoms with E-state index in [4.69, 9.17) is 0 Å². The summed E-state index contributed by atoms with van der Waals surface area (Å²) < 4.78 is 30.9. The van der Waals surface area contributed by atoms with Gasteiger partial charge in [-0.25, -0.2) is 13.3 Å². The molecule has 2 aromatic heterocycles. The van der Waals surface area contributed by atoms with Crippen LogP contribution >= 0.6 is 0 Å². The van der Waals surface area contributed by atoms with Crippen molar-refractivity contribution in [2.24, 2.45) is 0 Å². The summed E-state index contributed by atoms with van der Waals surface area (Å²) in [5.41, 5.74) is 5.17. The molecule has 1 amide bonds. The van der Waals surface area contributed by atoms with Crippen LogP contribution < -0.4 is 0 Å². The largest absolute Gasteiger partial charge is 0.334 e. The number of aryl methyl sites for hydroxylation is 1. The van der Waals surface area contributed by atoms with Gasteiger partial charge in [-0.15, -0.1) is 0 Å². The van der Waals surface area contributed by atoms with E-state index in [1.165, 1.54) is 23.8 Å². The van der Waals surface area contributed by atoms with Crippen LogP contribution in [0.15, 0.2) is 54.6 Å². The Kier molecular flexibility index (Phi) is 5.23.